The summed E-state index contributed by atoms with van der Waals surface area (Å²) < 4.78 is 0. The van der Waals surface area contributed by atoms with E-state index in [0.717, 1.165) is 31.6 Å². The lowest BCUT2D eigenvalue weighted by atomic mass is 9.96. The van der Waals surface area contributed by atoms with E-state index in [9.17, 15) is 5.11 Å². The molecule has 0 aliphatic rings. The molecule has 4 heteroatoms. The average Bonchev–Trinajstić information content (AvgIpc) is 2.95. The number of thiazole rings is 1. The van der Waals surface area contributed by atoms with Crippen molar-refractivity contribution in [3.63, 3.8) is 0 Å². The van der Waals surface area contributed by atoms with Crippen molar-refractivity contribution in [2.75, 3.05) is 13.2 Å². The lowest BCUT2D eigenvalue weighted by molar-refractivity contribution is 0.273. The molecular weight excluding hydrogens is 268 g/mol. The number of benzene rings is 1. The van der Waals surface area contributed by atoms with E-state index >= 15 is 0 Å². The summed E-state index contributed by atoms with van der Waals surface area (Å²) in [4.78, 5) is 4.55. The number of aliphatic hydroxyl groups excluding tert-OH is 1. The minimum atomic E-state index is 0.220. The highest BCUT2D eigenvalue weighted by Crippen LogP contribution is 2.18. The second-order valence-electron chi connectivity index (χ2n) is 4.84. The Labute approximate surface area is 124 Å². The molecule has 0 radical (unpaired) electrons. The van der Waals surface area contributed by atoms with Gasteiger partial charge in [0.25, 0.3) is 0 Å². The standard InChI is InChI=1S/C16H22N2OS/c1-2-16-18-15(12-20-16)11-17-10-14(8-9-19)13-6-4-3-5-7-13/h3-7,12,14,17,19H,2,8-11H2,1H3. The van der Waals surface area contributed by atoms with E-state index in [-0.39, 0.29) is 6.61 Å². The van der Waals surface area contributed by atoms with E-state index < -0.39 is 0 Å². The normalized spacial score (nSPS) is 12.5. The zero-order valence-electron chi connectivity index (χ0n) is 11.9. The third-order valence-electron chi connectivity index (χ3n) is 3.35. The molecule has 0 bridgehead atoms. The van der Waals surface area contributed by atoms with E-state index in [1.165, 1.54) is 10.6 Å². The number of aliphatic hydroxyl groups is 1. The summed E-state index contributed by atoms with van der Waals surface area (Å²) in [7, 11) is 0. The van der Waals surface area contributed by atoms with Gasteiger partial charge in [-0.1, -0.05) is 37.3 Å². The molecule has 3 nitrogen and oxygen atoms in total. The van der Waals surface area contributed by atoms with Crippen molar-refractivity contribution < 1.29 is 5.11 Å². The molecular formula is C16H22N2OS. The van der Waals surface area contributed by atoms with Crippen LogP contribution in [0.15, 0.2) is 35.7 Å². The summed E-state index contributed by atoms with van der Waals surface area (Å²) in [6.45, 7) is 4.01. The Kier molecular flexibility index (Phi) is 6.18. The zero-order chi connectivity index (χ0) is 14.2. The lowest BCUT2D eigenvalue weighted by Gasteiger charge is -2.16. The van der Waals surface area contributed by atoms with E-state index in [4.69, 9.17) is 0 Å². The fraction of sp³-hybridized carbons (Fsp3) is 0.438. The van der Waals surface area contributed by atoms with Crippen LogP contribution in [0.4, 0.5) is 0 Å². The Hall–Kier alpha value is -1.23. The van der Waals surface area contributed by atoms with Crippen LogP contribution in [0.1, 0.15) is 35.5 Å². The molecule has 20 heavy (non-hydrogen) atoms. The number of hydrogen-bond donors (Lipinski definition) is 2. The molecule has 108 valence electrons. The van der Waals surface area contributed by atoms with Gasteiger partial charge < -0.3 is 10.4 Å². The smallest absolute Gasteiger partial charge is 0.0926 e. The summed E-state index contributed by atoms with van der Waals surface area (Å²) in [6, 6.07) is 10.4. The predicted octanol–water partition coefficient (Wildman–Crippen LogP) is 2.96. The Morgan fingerprint density at radius 1 is 1.30 bits per heavy atom. The van der Waals surface area contributed by atoms with Crippen LogP contribution in [0.2, 0.25) is 0 Å². The Morgan fingerprint density at radius 2 is 2.10 bits per heavy atom. The van der Waals surface area contributed by atoms with Gasteiger partial charge in [-0.3, -0.25) is 0 Å². The third-order valence-corrected chi connectivity index (χ3v) is 4.39. The van der Waals surface area contributed by atoms with Crippen LogP contribution in [-0.4, -0.2) is 23.2 Å². The van der Waals surface area contributed by atoms with Crippen molar-refractivity contribution >= 4 is 11.3 Å². The van der Waals surface area contributed by atoms with Gasteiger partial charge >= 0.3 is 0 Å². The van der Waals surface area contributed by atoms with Crippen LogP contribution >= 0.6 is 11.3 Å². The molecule has 0 fully saturated rings. The molecule has 1 unspecified atom stereocenters. The molecule has 1 aromatic carbocycles. The second-order valence-corrected chi connectivity index (χ2v) is 5.78. The van der Waals surface area contributed by atoms with Crippen molar-refractivity contribution in [2.24, 2.45) is 0 Å². The summed E-state index contributed by atoms with van der Waals surface area (Å²) in [5.74, 6) is 0.352. The molecule has 0 saturated heterocycles. The van der Waals surface area contributed by atoms with Crippen LogP contribution in [0.25, 0.3) is 0 Å². The molecule has 2 aromatic rings. The molecule has 0 saturated carbocycles. The van der Waals surface area contributed by atoms with Crippen molar-refractivity contribution in [1.82, 2.24) is 10.3 Å². The van der Waals surface area contributed by atoms with Gasteiger partial charge in [0.05, 0.1) is 10.7 Å². The van der Waals surface area contributed by atoms with Crippen molar-refractivity contribution in [2.45, 2.75) is 32.2 Å². The number of nitrogens with one attached hydrogen (secondary N) is 1. The second kappa shape index (κ2) is 8.15. The largest absolute Gasteiger partial charge is 0.396 e. The maximum Gasteiger partial charge on any atom is 0.0926 e. The number of nitrogens with zero attached hydrogens (tertiary/aromatic N) is 1. The molecule has 1 aromatic heterocycles. The van der Waals surface area contributed by atoms with Crippen LogP contribution in [0.3, 0.4) is 0 Å². The van der Waals surface area contributed by atoms with Gasteiger partial charge in [0, 0.05) is 25.1 Å². The minimum absolute atomic E-state index is 0.220. The SMILES string of the molecule is CCc1nc(CNCC(CCO)c2ccccc2)cs1. The molecule has 0 aliphatic carbocycles. The summed E-state index contributed by atoms with van der Waals surface area (Å²) in [5, 5.41) is 16.0. The van der Waals surface area contributed by atoms with E-state index in [0.29, 0.717) is 5.92 Å². The Bertz CT molecular complexity index is 498. The van der Waals surface area contributed by atoms with Crippen LogP contribution in [0.5, 0.6) is 0 Å². The average molecular weight is 290 g/mol. The van der Waals surface area contributed by atoms with Crippen LogP contribution in [0, 0.1) is 0 Å². The Morgan fingerprint density at radius 3 is 2.75 bits per heavy atom. The van der Waals surface area contributed by atoms with E-state index in [1.54, 1.807) is 11.3 Å². The molecule has 0 spiro atoms. The van der Waals surface area contributed by atoms with Crippen molar-refractivity contribution in [1.29, 1.82) is 0 Å². The van der Waals surface area contributed by atoms with Gasteiger partial charge in [0.15, 0.2) is 0 Å². The third kappa shape index (κ3) is 4.40. The van der Waals surface area contributed by atoms with Gasteiger partial charge in [0.1, 0.15) is 0 Å². The highest BCUT2D eigenvalue weighted by atomic mass is 32.1. The summed E-state index contributed by atoms with van der Waals surface area (Å²) in [5.41, 5.74) is 2.39. The summed E-state index contributed by atoms with van der Waals surface area (Å²) in [6.07, 6.45) is 1.79. The van der Waals surface area contributed by atoms with Gasteiger partial charge in [-0.15, -0.1) is 11.3 Å². The Balaban J connectivity index is 1.86. The van der Waals surface area contributed by atoms with Crippen LogP contribution in [-0.2, 0) is 13.0 Å². The molecule has 0 amide bonds. The fourth-order valence-electron chi connectivity index (χ4n) is 2.23. The number of aryl methyl sites for hydroxylation is 1. The maximum absolute atomic E-state index is 9.21. The zero-order valence-corrected chi connectivity index (χ0v) is 12.7. The maximum atomic E-state index is 9.21. The van der Waals surface area contributed by atoms with Gasteiger partial charge in [0.2, 0.25) is 0 Å². The number of aromatic nitrogens is 1. The van der Waals surface area contributed by atoms with Crippen LogP contribution < -0.4 is 5.32 Å². The topological polar surface area (TPSA) is 45.2 Å². The molecule has 1 atom stereocenters. The monoisotopic (exact) mass is 290 g/mol. The van der Waals surface area contributed by atoms with Crippen molar-refractivity contribution in [3.05, 3.63) is 52.0 Å². The first-order valence-corrected chi connectivity index (χ1v) is 8.01. The fourth-order valence-corrected chi connectivity index (χ4v) is 2.98. The highest BCUT2D eigenvalue weighted by Gasteiger charge is 2.10. The first-order valence-electron chi connectivity index (χ1n) is 7.13. The predicted molar refractivity (Wildman–Crippen MR) is 84.1 cm³/mol. The number of rotatable bonds is 8. The van der Waals surface area contributed by atoms with Gasteiger partial charge in [-0.25, -0.2) is 4.98 Å². The quantitative estimate of drug-likeness (QED) is 0.785. The molecule has 0 aliphatic heterocycles. The van der Waals surface area contributed by atoms with E-state index in [2.05, 4.69) is 34.7 Å². The number of hydrogen-bond acceptors (Lipinski definition) is 4. The van der Waals surface area contributed by atoms with Gasteiger partial charge in [-0.2, -0.15) is 0 Å². The van der Waals surface area contributed by atoms with E-state index in [1.807, 2.05) is 18.2 Å². The minimum Gasteiger partial charge on any atom is -0.396 e. The first-order chi connectivity index (χ1) is 9.83. The molecule has 1 heterocycles. The summed E-state index contributed by atoms with van der Waals surface area (Å²) >= 11 is 1.72. The first kappa shape index (κ1) is 15.2. The van der Waals surface area contributed by atoms with Gasteiger partial charge in [-0.05, 0) is 24.3 Å². The molecule has 2 rings (SSSR count). The highest BCUT2D eigenvalue weighted by molar-refractivity contribution is 7.09. The molecule has 2 N–H and O–H groups in total. The lowest BCUT2D eigenvalue weighted by Crippen LogP contribution is -2.22. The van der Waals surface area contributed by atoms with Crippen molar-refractivity contribution in [3.8, 4) is 0 Å².